The number of rotatable bonds is 5. The van der Waals surface area contributed by atoms with Crippen LogP contribution in [0.3, 0.4) is 0 Å². The van der Waals surface area contributed by atoms with Gasteiger partial charge in [0.2, 0.25) is 0 Å². The minimum Gasteiger partial charge on any atom is -0.495 e. The summed E-state index contributed by atoms with van der Waals surface area (Å²) in [5.41, 5.74) is 2.00. The van der Waals surface area contributed by atoms with Gasteiger partial charge in [-0.3, -0.25) is 0 Å². The molecule has 0 spiro atoms. The molecule has 0 heterocycles. The first-order valence-corrected chi connectivity index (χ1v) is 7.35. The highest BCUT2D eigenvalue weighted by molar-refractivity contribution is 9.08. The van der Waals surface area contributed by atoms with E-state index in [1.165, 1.54) is 13.2 Å². The summed E-state index contributed by atoms with van der Waals surface area (Å²) >= 11 is 3.31. The average Bonchev–Trinajstić information content (AvgIpc) is 2.53. The Hall–Kier alpha value is -2.06. The molecule has 0 bridgehead atoms. The Morgan fingerprint density at radius 2 is 2.10 bits per heavy atom. The summed E-state index contributed by atoms with van der Waals surface area (Å²) in [7, 11) is 1.50. The molecule has 0 unspecified atom stereocenters. The zero-order chi connectivity index (χ0) is 15.2. The van der Waals surface area contributed by atoms with Crippen LogP contribution < -0.4 is 9.47 Å². The van der Waals surface area contributed by atoms with Gasteiger partial charge in [0.25, 0.3) is 0 Å². The minimum atomic E-state index is -0.396. The molecule has 0 atom stereocenters. The number of nitriles is 1. The van der Waals surface area contributed by atoms with Crippen molar-refractivity contribution in [3.05, 3.63) is 58.9 Å². The zero-order valence-electron chi connectivity index (χ0n) is 11.4. The first-order valence-electron chi connectivity index (χ1n) is 6.22. The molecular weight excluding hydrogens is 337 g/mol. The van der Waals surface area contributed by atoms with Gasteiger partial charge in [-0.2, -0.15) is 5.26 Å². The third kappa shape index (κ3) is 3.53. The van der Waals surface area contributed by atoms with E-state index in [-0.39, 0.29) is 12.4 Å². The molecule has 0 N–H and O–H groups in total. The van der Waals surface area contributed by atoms with Gasteiger partial charge in [0, 0.05) is 10.9 Å². The van der Waals surface area contributed by atoms with Gasteiger partial charge < -0.3 is 9.47 Å². The van der Waals surface area contributed by atoms with Gasteiger partial charge in [-0.05, 0) is 23.8 Å². The Morgan fingerprint density at radius 1 is 1.29 bits per heavy atom. The first kappa shape index (κ1) is 15.3. The summed E-state index contributed by atoms with van der Waals surface area (Å²) in [5, 5.41) is 9.45. The number of hydrogen-bond donors (Lipinski definition) is 0. The van der Waals surface area contributed by atoms with Crippen molar-refractivity contribution in [2.24, 2.45) is 0 Å². The lowest BCUT2D eigenvalue weighted by atomic mass is 10.1. The van der Waals surface area contributed by atoms with Crippen molar-refractivity contribution in [2.75, 3.05) is 7.11 Å². The van der Waals surface area contributed by atoms with Gasteiger partial charge in [0.1, 0.15) is 18.4 Å². The fourth-order valence-electron chi connectivity index (χ4n) is 1.89. The average molecular weight is 350 g/mol. The van der Waals surface area contributed by atoms with E-state index >= 15 is 0 Å². The monoisotopic (exact) mass is 349 g/mol. The van der Waals surface area contributed by atoms with E-state index in [4.69, 9.17) is 14.7 Å². The van der Waals surface area contributed by atoms with E-state index in [9.17, 15) is 4.39 Å². The molecule has 2 aromatic carbocycles. The number of para-hydroxylation sites is 1. The fraction of sp³-hybridized carbons (Fsp3) is 0.188. The van der Waals surface area contributed by atoms with E-state index in [1.807, 2.05) is 6.07 Å². The molecule has 5 heteroatoms. The van der Waals surface area contributed by atoms with Crippen LogP contribution in [0.1, 0.15) is 16.7 Å². The molecule has 3 nitrogen and oxygen atoms in total. The number of hydrogen-bond acceptors (Lipinski definition) is 3. The predicted octanol–water partition coefficient (Wildman–Crippen LogP) is 4.18. The maximum absolute atomic E-state index is 13.8. The maximum Gasteiger partial charge on any atom is 0.165 e. The van der Waals surface area contributed by atoms with Crippen molar-refractivity contribution < 1.29 is 13.9 Å². The summed E-state index contributed by atoms with van der Waals surface area (Å²) in [5.74, 6) is 0.318. The molecule has 2 aromatic rings. The van der Waals surface area contributed by atoms with Crippen LogP contribution in [0.4, 0.5) is 4.39 Å². The summed E-state index contributed by atoms with van der Waals surface area (Å²) in [6, 6.07) is 12.0. The summed E-state index contributed by atoms with van der Waals surface area (Å²) in [6.07, 6.45) is 0. The Labute approximate surface area is 131 Å². The van der Waals surface area contributed by atoms with Crippen LogP contribution in [-0.2, 0) is 11.9 Å². The summed E-state index contributed by atoms with van der Waals surface area (Å²) < 4.78 is 24.5. The molecule has 0 aliphatic heterocycles. The summed E-state index contributed by atoms with van der Waals surface area (Å²) in [6.45, 7) is 0.197. The molecule has 0 saturated heterocycles. The van der Waals surface area contributed by atoms with Crippen molar-refractivity contribution >= 4 is 15.9 Å². The largest absolute Gasteiger partial charge is 0.495 e. The Morgan fingerprint density at radius 3 is 2.76 bits per heavy atom. The number of methoxy groups -OCH3 is 1. The second kappa shape index (κ2) is 7.09. The molecule has 0 aromatic heterocycles. The summed E-state index contributed by atoms with van der Waals surface area (Å²) in [4.78, 5) is 0. The van der Waals surface area contributed by atoms with Crippen molar-refractivity contribution in [3.8, 4) is 17.6 Å². The normalized spacial score (nSPS) is 10.0. The van der Waals surface area contributed by atoms with E-state index in [2.05, 4.69) is 15.9 Å². The third-order valence-corrected chi connectivity index (χ3v) is 3.57. The van der Waals surface area contributed by atoms with Crippen molar-refractivity contribution in [2.45, 2.75) is 11.9 Å². The van der Waals surface area contributed by atoms with Gasteiger partial charge in [-0.15, -0.1) is 0 Å². The Kier molecular flexibility index (Phi) is 5.18. The molecule has 108 valence electrons. The van der Waals surface area contributed by atoms with Gasteiger partial charge in [0.05, 0.1) is 12.7 Å². The van der Waals surface area contributed by atoms with Crippen molar-refractivity contribution in [1.82, 2.24) is 0 Å². The highest BCUT2D eigenvalue weighted by Gasteiger charge is 2.10. The van der Waals surface area contributed by atoms with Crippen molar-refractivity contribution in [3.63, 3.8) is 0 Å². The van der Waals surface area contributed by atoms with Crippen LogP contribution in [0.25, 0.3) is 0 Å². The Balaban J connectivity index is 2.19. The van der Waals surface area contributed by atoms with Crippen LogP contribution in [0.2, 0.25) is 0 Å². The second-order valence-electron chi connectivity index (χ2n) is 4.30. The van der Waals surface area contributed by atoms with E-state index in [0.717, 1.165) is 11.1 Å². The molecule has 0 aliphatic carbocycles. The van der Waals surface area contributed by atoms with Crippen LogP contribution in [0.5, 0.6) is 11.5 Å². The highest BCUT2D eigenvalue weighted by atomic mass is 79.9. The van der Waals surface area contributed by atoms with Crippen LogP contribution >= 0.6 is 15.9 Å². The van der Waals surface area contributed by atoms with Gasteiger partial charge in [0.15, 0.2) is 11.6 Å². The van der Waals surface area contributed by atoms with Crippen molar-refractivity contribution in [1.29, 1.82) is 5.26 Å². The van der Waals surface area contributed by atoms with E-state index < -0.39 is 5.82 Å². The lowest BCUT2D eigenvalue weighted by molar-refractivity contribution is 0.287. The topological polar surface area (TPSA) is 42.2 Å². The van der Waals surface area contributed by atoms with E-state index in [0.29, 0.717) is 16.6 Å². The van der Waals surface area contributed by atoms with Crippen LogP contribution in [0.15, 0.2) is 36.4 Å². The first-order chi connectivity index (χ1) is 10.2. The molecule has 21 heavy (non-hydrogen) atoms. The number of benzene rings is 2. The lowest BCUT2D eigenvalue weighted by Crippen LogP contribution is -2.01. The third-order valence-electron chi connectivity index (χ3n) is 2.96. The van der Waals surface area contributed by atoms with Gasteiger partial charge in [-0.25, -0.2) is 4.39 Å². The maximum atomic E-state index is 13.8. The lowest BCUT2D eigenvalue weighted by Gasteiger charge is -2.12. The SMILES string of the molecule is COc1cc(COc2c(F)cccc2CBr)ccc1C#N. The van der Waals surface area contributed by atoms with Crippen LogP contribution in [0, 0.1) is 17.1 Å². The molecule has 0 amide bonds. The quantitative estimate of drug-likeness (QED) is 0.760. The molecule has 0 aliphatic rings. The van der Waals surface area contributed by atoms with Gasteiger partial charge in [-0.1, -0.05) is 34.1 Å². The smallest absolute Gasteiger partial charge is 0.165 e. The molecule has 0 saturated carbocycles. The molecular formula is C16H13BrFNO2. The highest BCUT2D eigenvalue weighted by Crippen LogP contribution is 2.26. The number of halogens is 2. The molecule has 2 rings (SSSR count). The van der Waals surface area contributed by atoms with Crippen LogP contribution in [-0.4, -0.2) is 7.11 Å². The minimum absolute atomic E-state index is 0.197. The standard InChI is InChI=1S/C16H13BrFNO2/c1-20-15-7-11(5-6-13(15)9-19)10-21-16-12(8-17)3-2-4-14(16)18/h2-7H,8,10H2,1H3. The zero-order valence-corrected chi connectivity index (χ0v) is 13.0. The van der Waals surface area contributed by atoms with E-state index in [1.54, 1.807) is 30.3 Å². The predicted molar refractivity (Wildman–Crippen MR) is 81.1 cm³/mol. The molecule has 0 radical (unpaired) electrons. The number of ether oxygens (including phenoxy) is 2. The second-order valence-corrected chi connectivity index (χ2v) is 4.86. The van der Waals surface area contributed by atoms with Gasteiger partial charge >= 0.3 is 0 Å². The fourth-order valence-corrected chi connectivity index (χ4v) is 2.34. The number of alkyl halides is 1. The number of nitrogens with zero attached hydrogens (tertiary/aromatic N) is 1. The molecule has 0 fully saturated rings. The Bertz CT molecular complexity index is 682.